The summed E-state index contributed by atoms with van der Waals surface area (Å²) in [6.07, 6.45) is 7.04. The van der Waals surface area contributed by atoms with Gasteiger partial charge in [0.15, 0.2) is 6.29 Å². The maximum atomic E-state index is 13.0. The predicted octanol–water partition coefficient (Wildman–Crippen LogP) is 2.94. The molecule has 2 N–H and O–H groups in total. The van der Waals surface area contributed by atoms with E-state index in [1.54, 1.807) is 20.3 Å². The number of aldehydes is 1. The summed E-state index contributed by atoms with van der Waals surface area (Å²) in [5, 5.41) is 22.9. The quantitative estimate of drug-likeness (QED) is 0.286. The lowest BCUT2D eigenvalue weighted by atomic mass is 9.43. The summed E-state index contributed by atoms with van der Waals surface area (Å²) < 4.78 is 29.0. The Morgan fingerprint density at radius 2 is 1.80 bits per heavy atom. The number of carbonyl (C=O) groups excluding carboxylic acids is 2. The molecule has 0 bridgehead atoms. The number of hydrogen-bond donors (Lipinski definition) is 2. The van der Waals surface area contributed by atoms with Crippen LogP contribution in [0.15, 0.2) is 11.6 Å². The molecule has 13 unspecified atom stereocenters. The Hall–Kier alpha value is -1.36. The van der Waals surface area contributed by atoms with Gasteiger partial charge in [-0.2, -0.15) is 0 Å². The van der Waals surface area contributed by atoms with Crippen molar-refractivity contribution >= 4 is 12.3 Å². The Morgan fingerprint density at radius 3 is 2.48 bits per heavy atom. The van der Waals surface area contributed by atoms with Crippen molar-refractivity contribution in [2.24, 2.45) is 34.5 Å². The number of ether oxygens (including phenoxy) is 5. The molecule has 0 aromatic carbocycles. The van der Waals surface area contributed by atoms with Crippen molar-refractivity contribution < 1.29 is 43.5 Å². The second kappa shape index (κ2) is 10.4. The fourth-order valence-corrected chi connectivity index (χ4v) is 10.2. The number of carbonyl (C=O) groups is 2. The Balaban J connectivity index is 1.19. The van der Waals surface area contributed by atoms with Gasteiger partial charge in [0.1, 0.15) is 31.2 Å². The minimum atomic E-state index is -0.852. The highest BCUT2D eigenvalue weighted by molar-refractivity contribution is 5.85. The van der Waals surface area contributed by atoms with Crippen molar-refractivity contribution in [1.82, 2.24) is 0 Å². The number of esters is 1. The second-order valence-corrected chi connectivity index (χ2v) is 13.6. The first kappa shape index (κ1) is 28.7. The molecule has 9 nitrogen and oxygen atoms in total. The van der Waals surface area contributed by atoms with Gasteiger partial charge >= 0.3 is 5.97 Å². The van der Waals surface area contributed by atoms with Gasteiger partial charge in [-0.1, -0.05) is 6.92 Å². The maximum absolute atomic E-state index is 13.0. The third kappa shape index (κ3) is 4.09. The minimum absolute atomic E-state index is 0.0677. The summed E-state index contributed by atoms with van der Waals surface area (Å²) >= 11 is 0. The first-order chi connectivity index (χ1) is 19.1. The number of hydrogen-bond acceptors (Lipinski definition) is 9. The summed E-state index contributed by atoms with van der Waals surface area (Å²) in [4.78, 5) is 24.9. The minimum Gasteiger partial charge on any atom is -0.458 e. The van der Waals surface area contributed by atoms with Crippen LogP contribution in [0, 0.1) is 34.5 Å². The van der Waals surface area contributed by atoms with E-state index in [1.807, 2.05) is 6.92 Å². The number of aliphatic hydroxyl groups is 2. The molecule has 40 heavy (non-hydrogen) atoms. The van der Waals surface area contributed by atoms with Crippen LogP contribution in [0.2, 0.25) is 0 Å². The fraction of sp³-hybridized carbons (Fsp3) is 0.871. The fourth-order valence-electron chi connectivity index (χ4n) is 10.2. The Labute approximate surface area is 236 Å². The molecule has 4 aliphatic carbocycles. The Bertz CT molecular complexity index is 1030. The van der Waals surface area contributed by atoms with Gasteiger partial charge in [0, 0.05) is 31.1 Å². The largest absolute Gasteiger partial charge is 0.458 e. The lowest BCUT2D eigenvalue weighted by molar-refractivity contribution is -0.317. The Kier molecular flexibility index (Phi) is 7.49. The van der Waals surface area contributed by atoms with E-state index in [-0.39, 0.29) is 41.2 Å². The average molecular weight is 563 g/mol. The Morgan fingerprint density at radius 1 is 1.02 bits per heavy atom. The molecule has 1 saturated heterocycles. The lowest BCUT2D eigenvalue weighted by Crippen LogP contribution is -2.63. The van der Waals surface area contributed by atoms with Crippen LogP contribution in [-0.2, 0) is 33.3 Å². The molecule has 0 aromatic rings. The summed E-state index contributed by atoms with van der Waals surface area (Å²) in [6.45, 7) is 4.35. The van der Waals surface area contributed by atoms with Gasteiger partial charge in [-0.3, -0.25) is 0 Å². The van der Waals surface area contributed by atoms with Crippen molar-refractivity contribution in [2.75, 3.05) is 20.8 Å². The SMILES string of the molecule is COC1C(OC2CCC3(C=O)C(CCC4C3CCC3(C)C(C5=CC(=O)OC5)CCC43O)C2)OC(C)C(O)C1OC. The van der Waals surface area contributed by atoms with Crippen LogP contribution < -0.4 is 0 Å². The van der Waals surface area contributed by atoms with Crippen LogP contribution >= 0.6 is 0 Å². The molecular weight excluding hydrogens is 516 g/mol. The zero-order chi connectivity index (χ0) is 28.4. The highest BCUT2D eigenvalue weighted by Gasteiger charge is 2.68. The standard InChI is InChI=1S/C31H46O9/c1-17-25(34)26(36-3)27(37-4)28(39-17)40-20-7-11-30(16-32)19(14-20)5-6-23-22(30)8-10-29(2)21(9-12-31(23,29)35)18-13-24(33)38-15-18/h13,16-17,19-23,25-28,34-35H,5-12,14-15H2,1-4H3. The van der Waals surface area contributed by atoms with E-state index in [9.17, 15) is 19.8 Å². The van der Waals surface area contributed by atoms with E-state index in [2.05, 4.69) is 6.92 Å². The topological polar surface area (TPSA) is 121 Å². The number of cyclic esters (lactones) is 1. The van der Waals surface area contributed by atoms with Gasteiger partial charge in [0.25, 0.3) is 0 Å². The number of fused-ring (bicyclic) bond motifs is 5. The van der Waals surface area contributed by atoms with Crippen molar-refractivity contribution in [3.8, 4) is 0 Å². The molecule has 2 heterocycles. The van der Waals surface area contributed by atoms with Crippen molar-refractivity contribution in [3.63, 3.8) is 0 Å². The smallest absolute Gasteiger partial charge is 0.331 e. The third-order valence-corrected chi connectivity index (χ3v) is 12.3. The first-order valence-corrected chi connectivity index (χ1v) is 15.2. The zero-order valence-electron chi connectivity index (χ0n) is 24.3. The van der Waals surface area contributed by atoms with E-state index in [4.69, 9.17) is 23.7 Å². The zero-order valence-corrected chi connectivity index (χ0v) is 24.3. The first-order valence-electron chi connectivity index (χ1n) is 15.2. The monoisotopic (exact) mass is 562 g/mol. The van der Waals surface area contributed by atoms with Crippen molar-refractivity contribution in [2.45, 2.75) is 114 Å². The maximum Gasteiger partial charge on any atom is 0.331 e. The number of rotatable bonds is 6. The van der Waals surface area contributed by atoms with Crippen LogP contribution in [0.3, 0.4) is 0 Å². The van der Waals surface area contributed by atoms with E-state index < -0.39 is 41.7 Å². The van der Waals surface area contributed by atoms with Crippen molar-refractivity contribution in [1.29, 1.82) is 0 Å². The van der Waals surface area contributed by atoms with Gasteiger partial charge in [-0.05, 0) is 94.0 Å². The molecule has 13 atom stereocenters. The molecule has 9 heteroatoms. The molecule has 224 valence electrons. The molecule has 6 aliphatic rings. The van der Waals surface area contributed by atoms with E-state index >= 15 is 0 Å². The van der Waals surface area contributed by atoms with Gasteiger partial charge in [0.05, 0.1) is 17.8 Å². The van der Waals surface area contributed by atoms with E-state index in [1.165, 1.54) is 6.29 Å². The summed E-state index contributed by atoms with van der Waals surface area (Å²) in [5.41, 5.74) is -0.612. The molecule has 5 fully saturated rings. The van der Waals surface area contributed by atoms with Crippen LogP contribution in [0.5, 0.6) is 0 Å². The van der Waals surface area contributed by atoms with Gasteiger partial charge in [0.2, 0.25) is 0 Å². The highest BCUT2D eigenvalue weighted by Crippen LogP contribution is 2.69. The van der Waals surface area contributed by atoms with Crippen LogP contribution in [0.25, 0.3) is 0 Å². The molecule has 4 saturated carbocycles. The molecule has 2 aliphatic heterocycles. The molecule has 0 radical (unpaired) electrons. The average Bonchev–Trinajstić information content (AvgIpc) is 3.49. The number of methoxy groups -OCH3 is 2. The summed E-state index contributed by atoms with van der Waals surface area (Å²) in [5.74, 6) is 0.256. The normalized spacial score (nSPS) is 52.2. The van der Waals surface area contributed by atoms with Crippen LogP contribution in [-0.4, -0.2) is 85.7 Å². The van der Waals surface area contributed by atoms with Crippen LogP contribution in [0.4, 0.5) is 0 Å². The van der Waals surface area contributed by atoms with Crippen LogP contribution in [0.1, 0.15) is 71.6 Å². The number of aliphatic hydroxyl groups excluding tert-OH is 1. The molecule has 0 amide bonds. The summed E-state index contributed by atoms with van der Waals surface area (Å²) in [6, 6.07) is 0. The second-order valence-electron chi connectivity index (χ2n) is 13.6. The molecule has 0 aromatic heterocycles. The van der Waals surface area contributed by atoms with Crippen molar-refractivity contribution in [3.05, 3.63) is 11.6 Å². The van der Waals surface area contributed by atoms with Gasteiger partial charge in [-0.15, -0.1) is 0 Å². The highest BCUT2D eigenvalue weighted by atomic mass is 16.7. The van der Waals surface area contributed by atoms with Gasteiger partial charge in [-0.25, -0.2) is 4.79 Å². The molecular formula is C31H46O9. The molecule has 6 rings (SSSR count). The molecule has 0 spiro atoms. The predicted molar refractivity (Wildman–Crippen MR) is 143 cm³/mol. The van der Waals surface area contributed by atoms with E-state index in [0.29, 0.717) is 13.0 Å². The lowest BCUT2D eigenvalue weighted by Gasteiger charge is -2.63. The van der Waals surface area contributed by atoms with Gasteiger partial charge < -0.3 is 38.7 Å². The van der Waals surface area contributed by atoms with E-state index in [0.717, 1.165) is 56.9 Å². The third-order valence-electron chi connectivity index (χ3n) is 12.3. The summed E-state index contributed by atoms with van der Waals surface area (Å²) in [7, 11) is 3.13.